The van der Waals surface area contributed by atoms with E-state index in [0.29, 0.717) is 6.61 Å². The van der Waals surface area contributed by atoms with E-state index in [4.69, 9.17) is 10.00 Å². The summed E-state index contributed by atoms with van der Waals surface area (Å²) in [6.07, 6.45) is 1.76. The first-order valence-corrected chi connectivity index (χ1v) is 4.69. The Morgan fingerprint density at radius 3 is 2.77 bits per heavy atom. The summed E-state index contributed by atoms with van der Waals surface area (Å²) in [5.74, 6) is 0. The molecule has 1 heterocycles. The highest BCUT2D eigenvalue weighted by molar-refractivity contribution is 5.09. The number of ether oxygens (including phenoxy) is 1. The van der Waals surface area contributed by atoms with Crippen LogP contribution in [0.3, 0.4) is 0 Å². The average Bonchev–Trinajstić information content (AvgIpc) is 2.20. The fraction of sp³-hybridized carbons (Fsp3) is 0.889. The molecule has 13 heavy (non-hydrogen) atoms. The molecule has 1 aliphatic heterocycles. The SMILES string of the molecule is COCCNC1(C#N)CCNCC1. The van der Waals surface area contributed by atoms with Crippen LogP contribution in [0.5, 0.6) is 0 Å². The standard InChI is InChI=1S/C9H17N3O/c1-13-7-6-12-9(8-10)2-4-11-5-3-9/h11-12H,2-7H2,1H3. The summed E-state index contributed by atoms with van der Waals surface area (Å²) in [5.41, 5.74) is -0.316. The Balaban J connectivity index is 2.35. The second kappa shape index (κ2) is 5.18. The van der Waals surface area contributed by atoms with Crippen LogP contribution >= 0.6 is 0 Å². The molecule has 0 spiro atoms. The minimum Gasteiger partial charge on any atom is -0.383 e. The lowest BCUT2D eigenvalue weighted by Crippen LogP contribution is -2.52. The molecular weight excluding hydrogens is 166 g/mol. The number of piperidine rings is 1. The number of rotatable bonds is 4. The second-order valence-corrected chi connectivity index (χ2v) is 3.36. The average molecular weight is 183 g/mol. The first kappa shape index (κ1) is 10.5. The van der Waals surface area contributed by atoms with Gasteiger partial charge in [-0.25, -0.2) is 0 Å². The maximum Gasteiger partial charge on any atom is 0.109 e. The summed E-state index contributed by atoms with van der Waals surface area (Å²) in [6.45, 7) is 3.27. The zero-order valence-corrected chi connectivity index (χ0v) is 8.10. The predicted octanol–water partition coefficient (Wildman–Crippen LogP) is -0.132. The lowest BCUT2D eigenvalue weighted by Gasteiger charge is -2.32. The Labute approximate surface area is 79.3 Å². The van der Waals surface area contributed by atoms with Gasteiger partial charge in [0.15, 0.2) is 0 Å². The lowest BCUT2D eigenvalue weighted by atomic mass is 9.90. The molecule has 1 aliphatic rings. The van der Waals surface area contributed by atoms with E-state index in [9.17, 15) is 0 Å². The van der Waals surface area contributed by atoms with Crippen molar-refractivity contribution in [2.45, 2.75) is 18.4 Å². The van der Waals surface area contributed by atoms with Gasteiger partial charge in [-0.05, 0) is 25.9 Å². The molecule has 74 valence electrons. The summed E-state index contributed by atoms with van der Waals surface area (Å²) in [6, 6.07) is 2.37. The summed E-state index contributed by atoms with van der Waals surface area (Å²) >= 11 is 0. The van der Waals surface area contributed by atoms with E-state index in [0.717, 1.165) is 32.5 Å². The fourth-order valence-corrected chi connectivity index (χ4v) is 1.57. The molecule has 0 bridgehead atoms. The van der Waals surface area contributed by atoms with Gasteiger partial charge in [-0.15, -0.1) is 0 Å². The number of methoxy groups -OCH3 is 1. The summed E-state index contributed by atoms with van der Waals surface area (Å²) in [7, 11) is 1.67. The molecule has 0 unspecified atom stereocenters. The normalized spacial score (nSPS) is 20.9. The molecule has 0 saturated carbocycles. The van der Waals surface area contributed by atoms with Gasteiger partial charge in [-0.3, -0.25) is 5.32 Å². The Morgan fingerprint density at radius 1 is 1.54 bits per heavy atom. The Hall–Kier alpha value is -0.630. The molecule has 2 N–H and O–H groups in total. The molecule has 0 aromatic rings. The zero-order chi connectivity index (χ0) is 9.57. The third-order valence-corrected chi connectivity index (χ3v) is 2.44. The van der Waals surface area contributed by atoms with Gasteiger partial charge in [0.05, 0.1) is 12.7 Å². The van der Waals surface area contributed by atoms with Crippen molar-refractivity contribution in [3.05, 3.63) is 0 Å². The van der Waals surface area contributed by atoms with E-state index < -0.39 is 0 Å². The van der Waals surface area contributed by atoms with Crippen LogP contribution in [0.4, 0.5) is 0 Å². The second-order valence-electron chi connectivity index (χ2n) is 3.36. The first-order valence-electron chi connectivity index (χ1n) is 4.69. The van der Waals surface area contributed by atoms with Crippen LogP contribution in [-0.4, -0.2) is 38.9 Å². The van der Waals surface area contributed by atoms with Crippen molar-refractivity contribution in [2.75, 3.05) is 33.4 Å². The largest absolute Gasteiger partial charge is 0.383 e. The van der Waals surface area contributed by atoms with Crippen LogP contribution in [0.2, 0.25) is 0 Å². The van der Waals surface area contributed by atoms with Crippen LogP contribution in [0.25, 0.3) is 0 Å². The molecule has 0 aromatic heterocycles. The molecule has 1 fully saturated rings. The molecule has 1 saturated heterocycles. The van der Waals surface area contributed by atoms with Crippen molar-refractivity contribution in [1.82, 2.24) is 10.6 Å². The van der Waals surface area contributed by atoms with Crippen molar-refractivity contribution in [3.8, 4) is 6.07 Å². The van der Waals surface area contributed by atoms with Gasteiger partial charge in [0.25, 0.3) is 0 Å². The number of nitrogens with one attached hydrogen (secondary N) is 2. The molecule has 0 atom stereocenters. The summed E-state index contributed by atoms with van der Waals surface area (Å²) in [4.78, 5) is 0. The molecule has 0 amide bonds. The van der Waals surface area contributed by atoms with Crippen LogP contribution in [0.15, 0.2) is 0 Å². The number of nitriles is 1. The summed E-state index contributed by atoms with van der Waals surface area (Å²) < 4.78 is 4.93. The monoisotopic (exact) mass is 183 g/mol. The van der Waals surface area contributed by atoms with Gasteiger partial charge >= 0.3 is 0 Å². The van der Waals surface area contributed by atoms with Gasteiger partial charge in [0, 0.05) is 13.7 Å². The van der Waals surface area contributed by atoms with Gasteiger partial charge in [-0.1, -0.05) is 0 Å². The maximum atomic E-state index is 9.06. The quantitative estimate of drug-likeness (QED) is 0.596. The van der Waals surface area contributed by atoms with Gasteiger partial charge in [0.1, 0.15) is 5.54 Å². The van der Waals surface area contributed by atoms with E-state index in [1.807, 2.05) is 0 Å². The molecule has 4 nitrogen and oxygen atoms in total. The number of hydrogen-bond donors (Lipinski definition) is 2. The van der Waals surface area contributed by atoms with Crippen LogP contribution in [0.1, 0.15) is 12.8 Å². The Morgan fingerprint density at radius 2 is 2.23 bits per heavy atom. The predicted molar refractivity (Wildman–Crippen MR) is 50.3 cm³/mol. The highest BCUT2D eigenvalue weighted by atomic mass is 16.5. The van der Waals surface area contributed by atoms with Crippen LogP contribution in [0, 0.1) is 11.3 Å². The topological polar surface area (TPSA) is 57.1 Å². The zero-order valence-electron chi connectivity index (χ0n) is 8.10. The third kappa shape index (κ3) is 2.96. The van der Waals surface area contributed by atoms with Crippen molar-refractivity contribution in [1.29, 1.82) is 5.26 Å². The Bertz CT molecular complexity index is 182. The minimum atomic E-state index is -0.316. The molecule has 0 radical (unpaired) electrons. The van der Waals surface area contributed by atoms with Crippen LogP contribution < -0.4 is 10.6 Å². The van der Waals surface area contributed by atoms with E-state index in [2.05, 4.69) is 16.7 Å². The van der Waals surface area contributed by atoms with E-state index in [1.54, 1.807) is 7.11 Å². The van der Waals surface area contributed by atoms with E-state index >= 15 is 0 Å². The van der Waals surface area contributed by atoms with Crippen molar-refractivity contribution in [3.63, 3.8) is 0 Å². The number of nitrogens with zero attached hydrogens (tertiary/aromatic N) is 1. The molecule has 0 aromatic carbocycles. The van der Waals surface area contributed by atoms with E-state index in [-0.39, 0.29) is 5.54 Å². The minimum absolute atomic E-state index is 0.316. The first-order chi connectivity index (χ1) is 6.33. The Kier molecular flexibility index (Phi) is 4.16. The van der Waals surface area contributed by atoms with Crippen LogP contribution in [-0.2, 0) is 4.74 Å². The molecule has 1 rings (SSSR count). The highest BCUT2D eigenvalue weighted by Crippen LogP contribution is 2.16. The van der Waals surface area contributed by atoms with Gasteiger partial charge in [-0.2, -0.15) is 5.26 Å². The molecular formula is C9H17N3O. The van der Waals surface area contributed by atoms with E-state index in [1.165, 1.54) is 0 Å². The van der Waals surface area contributed by atoms with Crippen molar-refractivity contribution < 1.29 is 4.74 Å². The maximum absolute atomic E-state index is 9.06. The van der Waals surface area contributed by atoms with Gasteiger partial charge < -0.3 is 10.1 Å². The van der Waals surface area contributed by atoms with Crippen molar-refractivity contribution in [2.24, 2.45) is 0 Å². The smallest absolute Gasteiger partial charge is 0.109 e. The third-order valence-electron chi connectivity index (χ3n) is 2.44. The van der Waals surface area contributed by atoms with Crippen molar-refractivity contribution >= 4 is 0 Å². The number of hydrogen-bond acceptors (Lipinski definition) is 4. The highest BCUT2D eigenvalue weighted by Gasteiger charge is 2.30. The molecule has 0 aliphatic carbocycles. The fourth-order valence-electron chi connectivity index (χ4n) is 1.57. The molecule has 4 heteroatoms. The summed E-state index contributed by atoms with van der Waals surface area (Å²) in [5, 5.41) is 15.6. The lowest BCUT2D eigenvalue weighted by molar-refractivity contribution is 0.184. The van der Waals surface area contributed by atoms with Gasteiger partial charge in [0.2, 0.25) is 0 Å².